The minimum atomic E-state index is 0.0782. The molecule has 20 heavy (non-hydrogen) atoms. The number of hydrogen-bond donors (Lipinski definition) is 1. The first-order chi connectivity index (χ1) is 9.56. The average molecular weight is 276 g/mol. The molecule has 1 heterocycles. The lowest BCUT2D eigenvalue weighted by atomic mass is 10.1. The van der Waals surface area contributed by atoms with E-state index in [0.717, 1.165) is 24.3 Å². The molecule has 1 aromatic carbocycles. The molecule has 4 heteroatoms. The molecule has 0 bridgehead atoms. The molecule has 2 rings (SSSR count). The molecule has 0 spiro atoms. The number of carbonyl (C=O) groups excluding carboxylic acids is 1. The van der Waals surface area contributed by atoms with Gasteiger partial charge in [0.05, 0.1) is 6.61 Å². The van der Waals surface area contributed by atoms with Crippen LogP contribution >= 0.6 is 0 Å². The molecule has 2 unspecified atom stereocenters. The Hall–Kier alpha value is -1.55. The normalized spacial score (nSPS) is 22.1. The number of amides is 1. The van der Waals surface area contributed by atoms with Crippen LogP contribution in [0.1, 0.15) is 36.2 Å². The highest BCUT2D eigenvalue weighted by molar-refractivity contribution is 5.95. The van der Waals surface area contributed by atoms with Crippen LogP contribution < -0.4 is 10.5 Å². The number of nitrogens with two attached hydrogens (primary N) is 1. The summed E-state index contributed by atoms with van der Waals surface area (Å²) in [5, 5.41) is 0. The molecule has 0 saturated carbocycles. The number of hydrogen-bond acceptors (Lipinski definition) is 3. The fraction of sp³-hybridized carbons (Fsp3) is 0.562. The SMILES string of the molecule is CCOc1cc(C(=O)N2CC(CN)CC2C)ccc1C. The number of carbonyl (C=O) groups is 1. The number of benzene rings is 1. The van der Waals surface area contributed by atoms with Crippen molar-refractivity contribution in [3.63, 3.8) is 0 Å². The minimum Gasteiger partial charge on any atom is -0.494 e. The Balaban J connectivity index is 2.19. The average Bonchev–Trinajstić information content (AvgIpc) is 2.82. The first-order valence-corrected chi connectivity index (χ1v) is 7.31. The smallest absolute Gasteiger partial charge is 0.254 e. The highest BCUT2D eigenvalue weighted by atomic mass is 16.5. The summed E-state index contributed by atoms with van der Waals surface area (Å²) >= 11 is 0. The van der Waals surface area contributed by atoms with Gasteiger partial charge in [-0.2, -0.15) is 0 Å². The van der Waals surface area contributed by atoms with E-state index in [1.54, 1.807) is 0 Å². The van der Waals surface area contributed by atoms with E-state index >= 15 is 0 Å². The van der Waals surface area contributed by atoms with Crippen molar-refractivity contribution in [2.24, 2.45) is 11.7 Å². The second kappa shape index (κ2) is 6.27. The van der Waals surface area contributed by atoms with Gasteiger partial charge in [0.15, 0.2) is 0 Å². The lowest BCUT2D eigenvalue weighted by molar-refractivity contribution is 0.0743. The van der Waals surface area contributed by atoms with Crippen molar-refractivity contribution in [2.75, 3.05) is 19.7 Å². The largest absolute Gasteiger partial charge is 0.494 e. The summed E-state index contributed by atoms with van der Waals surface area (Å²) in [5.74, 6) is 1.29. The summed E-state index contributed by atoms with van der Waals surface area (Å²) in [6.07, 6.45) is 0.992. The van der Waals surface area contributed by atoms with Crippen LogP contribution in [0.15, 0.2) is 18.2 Å². The van der Waals surface area contributed by atoms with Crippen LogP contribution in [0.3, 0.4) is 0 Å². The summed E-state index contributed by atoms with van der Waals surface area (Å²) < 4.78 is 5.57. The number of ether oxygens (including phenoxy) is 1. The molecular weight excluding hydrogens is 252 g/mol. The summed E-state index contributed by atoms with van der Waals surface area (Å²) in [7, 11) is 0. The van der Waals surface area contributed by atoms with Gasteiger partial charge in [0.1, 0.15) is 5.75 Å². The zero-order valence-electron chi connectivity index (χ0n) is 12.6. The van der Waals surface area contributed by atoms with E-state index < -0.39 is 0 Å². The van der Waals surface area contributed by atoms with Crippen LogP contribution in [-0.4, -0.2) is 36.5 Å². The summed E-state index contributed by atoms with van der Waals surface area (Å²) in [6.45, 7) is 8.03. The molecule has 1 saturated heterocycles. The Bertz CT molecular complexity index is 487. The number of likely N-dealkylation sites (tertiary alicyclic amines) is 1. The molecule has 1 fully saturated rings. The van der Waals surface area contributed by atoms with E-state index in [-0.39, 0.29) is 11.9 Å². The molecule has 2 atom stereocenters. The fourth-order valence-corrected chi connectivity index (χ4v) is 2.81. The molecule has 110 valence electrons. The molecule has 0 radical (unpaired) electrons. The molecule has 1 amide bonds. The van der Waals surface area contributed by atoms with Crippen molar-refractivity contribution >= 4 is 5.91 Å². The van der Waals surface area contributed by atoms with Crippen LogP contribution in [0.4, 0.5) is 0 Å². The van der Waals surface area contributed by atoms with Crippen molar-refractivity contribution in [3.05, 3.63) is 29.3 Å². The lowest BCUT2D eigenvalue weighted by Gasteiger charge is -2.22. The Morgan fingerprint density at radius 2 is 2.25 bits per heavy atom. The molecule has 1 aliphatic rings. The van der Waals surface area contributed by atoms with Gasteiger partial charge in [-0.15, -0.1) is 0 Å². The zero-order valence-corrected chi connectivity index (χ0v) is 12.6. The summed E-state index contributed by atoms with van der Waals surface area (Å²) in [4.78, 5) is 14.5. The number of rotatable bonds is 4. The predicted molar refractivity (Wildman–Crippen MR) is 80.0 cm³/mol. The topological polar surface area (TPSA) is 55.6 Å². The standard InChI is InChI=1S/C16H24N2O2/c1-4-20-15-8-14(6-5-11(15)2)16(19)18-10-13(9-17)7-12(18)3/h5-6,8,12-13H,4,7,9-10,17H2,1-3H3. The van der Waals surface area contributed by atoms with E-state index in [1.165, 1.54) is 0 Å². The Morgan fingerprint density at radius 3 is 2.85 bits per heavy atom. The fourth-order valence-electron chi connectivity index (χ4n) is 2.81. The van der Waals surface area contributed by atoms with E-state index in [2.05, 4.69) is 6.92 Å². The van der Waals surface area contributed by atoms with Gasteiger partial charge in [0, 0.05) is 18.2 Å². The second-order valence-electron chi connectivity index (χ2n) is 5.56. The van der Waals surface area contributed by atoms with Gasteiger partial charge in [-0.05, 0) is 57.4 Å². The first-order valence-electron chi connectivity index (χ1n) is 7.31. The molecule has 4 nitrogen and oxygen atoms in total. The first kappa shape index (κ1) is 14.9. The Kier molecular flexibility index (Phi) is 4.65. The summed E-state index contributed by atoms with van der Waals surface area (Å²) in [6, 6.07) is 5.93. The van der Waals surface area contributed by atoms with Crippen molar-refractivity contribution in [1.29, 1.82) is 0 Å². The number of aryl methyl sites for hydroxylation is 1. The van der Waals surface area contributed by atoms with Crippen molar-refractivity contribution < 1.29 is 9.53 Å². The van der Waals surface area contributed by atoms with Crippen LogP contribution in [0.25, 0.3) is 0 Å². The van der Waals surface area contributed by atoms with Gasteiger partial charge in [-0.3, -0.25) is 4.79 Å². The van der Waals surface area contributed by atoms with Gasteiger partial charge in [-0.1, -0.05) is 6.07 Å². The minimum absolute atomic E-state index is 0.0782. The maximum Gasteiger partial charge on any atom is 0.254 e. The molecule has 1 aliphatic heterocycles. The molecule has 0 aromatic heterocycles. The van der Waals surface area contributed by atoms with Crippen molar-refractivity contribution in [2.45, 2.75) is 33.2 Å². The maximum absolute atomic E-state index is 12.6. The monoisotopic (exact) mass is 276 g/mol. The lowest BCUT2D eigenvalue weighted by Crippen LogP contribution is -2.34. The van der Waals surface area contributed by atoms with E-state index in [1.807, 2.05) is 36.9 Å². The van der Waals surface area contributed by atoms with E-state index in [9.17, 15) is 4.79 Å². The van der Waals surface area contributed by atoms with Crippen LogP contribution in [0, 0.1) is 12.8 Å². The van der Waals surface area contributed by atoms with Gasteiger partial charge in [0.2, 0.25) is 0 Å². The third kappa shape index (κ3) is 2.96. The highest BCUT2D eigenvalue weighted by Crippen LogP contribution is 2.26. The van der Waals surface area contributed by atoms with Gasteiger partial charge >= 0.3 is 0 Å². The van der Waals surface area contributed by atoms with Gasteiger partial charge in [0.25, 0.3) is 5.91 Å². The second-order valence-corrected chi connectivity index (χ2v) is 5.56. The van der Waals surface area contributed by atoms with Gasteiger partial charge < -0.3 is 15.4 Å². The highest BCUT2D eigenvalue weighted by Gasteiger charge is 2.32. The molecule has 1 aromatic rings. The van der Waals surface area contributed by atoms with Crippen molar-refractivity contribution in [3.8, 4) is 5.75 Å². The van der Waals surface area contributed by atoms with Crippen LogP contribution in [-0.2, 0) is 0 Å². The summed E-state index contributed by atoms with van der Waals surface area (Å²) in [5.41, 5.74) is 7.47. The molecular formula is C16H24N2O2. The Morgan fingerprint density at radius 1 is 1.50 bits per heavy atom. The maximum atomic E-state index is 12.6. The predicted octanol–water partition coefficient (Wildman–Crippen LogP) is 2.20. The third-order valence-electron chi connectivity index (χ3n) is 3.99. The van der Waals surface area contributed by atoms with Crippen molar-refractivity contribution in [1.82, 2.24) is 4.90 Å². The number of nitrogens with zero attached hydrogens (tertiary/aromatic N) is 1. The molecule has 2 N–H and O–H groups in total. The van der Waals surface area contributed by atoms with Gasteiger partial charge in [-0.25, -0.2) is 0 Å². The van der Waals surface area contributed by atoms with Crippen LogP contribution in [0.2, 0.25) is 0 Å². The Labute approximate surface area is 120 Å². The zero-order chi connectivity index (χ0) is 14.7. The quantitative estimate of drug-likeness (QED) is 0.917. The van der Waals surface area contributed by atoms with Crippen LogP contribution in [0.5, 0.6) is 5.75 Å². The third-order valence-corrected chi connectivity index (χ3v) is 3.99. The van der Waals surface area contributed by atoms with E-state index in [0.29, 0.717) is 24.6 Å². The molecule has 0 aliphatic carbocycles. The van der Waals surface area contributed by atoms with E-state index in [4.69, 9.17) is 10.5 Å².